The molecule has 3 N–H and O–H groups in total. The summed E-state index contributed by atoms with van der Waals surface area (Å²) in [6.07, 6.45) is 0. The van der Waals surface area contributed by atoms with E-state index in [1.54, 1.807) is 0 Å². The van der Waals surface area contributed by atoms with Gasteiger partial charge < -0.3 is 5.43 Å². The fourth-order valence-corrected chi connectivity index (χ4v) is 2.23. The number of nitrogens with zero attached hydrogens (tertiary/aromatic N) is 1. The Morgan fingerprint density at radius 3 is 2.30 bits per heavy atom. The Bertz CT molecular complexity index is 743. The van der Waals surface area contributed by atoms with Crippen molar-refractivity contribution in [2.24, 2.45) is 10.8 Å². The lowest BCUT2D eigenvalue weighted by atomic mass is 10.0. The van der Waals surface area contributed by atoms with E-state index in [1.165, 1.54) is 5.39 Å². The Balaban J connectivity index is 2.15. The number of benzene rings is 3. The molecule has 3 heteroatoms. The van der Waals surface area contributed by atoms with Gasteiger partial charge in [0.1, 0.15) is 5.84 Å². The van der Waals surface area contributed by atoms with Gasteiger partial charge in [-0.15, -0.1) is 0 Å². The highest BCUT2D eigenvalue weighted by molar-refractivity contribution is 6.10. The molecule has 0 aliphatic carbocycles. The van der Waals surface area contributed by atoms with Crippen LogP contribution >= 0.6 is 0 Å². The molecular weight excluding hydrogens is 246 g/mol. The second-order valence-electron chi connectivity index (χ2n) is 4.47. The summed E-state index contributed by atoms with van der Waals surface area (Å²) in [5.74, 6) is 6.32. The first kappa shape index (κ1) is 12.4. The number of amidine groups is 1. The van der Waals surface area contributed by atoms with Crippen molar-refractivity contribution in [3.05, 3.63) is 78.4 Å². The Morgan fingerprint density at radius 2 is 1.50 bits per heavy atom. The molecule has 0 aliphatic rings. The van der Waals surface area contributed by atoms with E-state index in [-0.39, 0.29) is 0 Å². The van der Waals surface area contributed by atoms with E-state index in [1.807, 2.05) is 54.6 Å². The van der Waals surface area contributed by atoms with Crippen molar-refractivity contribution in [1.82, 2.24) is 5.43 Å². The Morgan fingerprint density at radius 1 is 0.800 bits per heavy atom. The van der Waals surface area contributed by atoms with Crippen molar-refractivity contribution in [3.63, 3.8) is 0 Å². The molecule has 0 aliphatic heterocycles. The van der Waals surface area contributed by atoms with Gasteiger partial charge in [-0.25, -0.2) is 10.8 Å². The van der Waals surface area contributed by atoms with E-state index < -0.39 is 0 Å². The first-order valence-corrected chi connectivity index (χ1v) is 6.47. The Labute approximate surface area is 117 Å². The molecule has 3 rings (SSSR count). The number of hydrogen-bond acceptors (Lipinski definition) is 2. The largest absolute Gasteiger partial charge is 0.308 e. The molecule has 0 saturated heterocycles. The van der Waals surface area contributed by atoms with Gasteiger partial charge in [0.15, 0.2) is 0 Å². The van der Waals surface area contributed by atoms with E-state index in [0.29, 0.717) is 5.84 Å². The van der Waals surface area contributed by atoms with Gasteiger partial charge in [-0.2, -0.15) is 0 Å². The van der Waals surface area contributed by atoms with E-state index in [2.05, 4.69) is 28.6 Å². The van der Waals surface area contributed by atoms with Gasteiger partial charge in [0, 0.05) is 5.56 Å². The molecule has 0 bridgehead atoms. The van der Waals surface area contributed by atoms with Gasteiger partial charge in [-0.1, -0.05) is 60.7 Å². The maximum Gasteiger partial charge on any atom is 0.148 e. The van der Waals surface area contributed by atoms with E-state index in [0.717, 1.165) is 16.6 Å². The zero-order valence-corrected chi connectivity index (χ0v) is 11.0. The maximum absolute atomic E-state index is 5.66. The molecule has 0 unspecified atom stereocenters. The van der Waals surface area contributed by atoms with Crippen LogP contribution in [-0.4, -0.2) is 5.84 Å². The van der Waals surface area contributed by atoms with Gasteiger partial charge >= 0.3 is 0 Å². The topological polar surface area (TPSA) is 50.4 Å². The molecule has 0 atom stereocenters. The second-order valence-corrected chi connectivity index (χ2v) is 4.47. The summed E-state index contributed by atoms with van der Waals surface area (Å²) in [5, 5.41) is 2.30. The lowest BCUT2D eigenvalue weighted by Crippen LogP contribution is -2.31. The molecule has 0 aromatic heterocycles. The van der Waals surface area contributed by atoms with Gasteiger partial charge in [0.25, 0.3) is 0 Å². The van der Waals surface area contributed by atoms with Crippen LogP contribution in [0.2, 0.25) is 0 Å². The predicted octanol–water partition coefficient (Wildman–Crippen LogP) is 3.38. The third-order valence-corrected chi connectivity index (χ3v) is 3.18. The van der Waals surface area contributed by atoms with E-state index in [9.17, 15) is 0 Å². The van der Waals surface area contributed by atoms with Crippen LogP contribution in [0.25, 0.3) is 10.8 Å². The summed E-state index contributed by atoms with van der Waals surface area (Å²) in [6, 6.07) is 24.1. The molecular formula is C17H15N3. The third-order valence-electron chi connectivity index (χ3n) is 3.18. The van der Waals surface area contributed by atoms with Crippen molar-refractivity contribution in [2.75, 3.05) is 0 Å². The zero-order valence-electron chi connectivity index (χ0n) is 11.0. The summed E-state index contributed by atoms with van der Waals surface area (Å²) in [6.45, 7) is 0. The summed E-state index contributed by atoms with van der Waals surface area (Å²) in [4.78, 5) is 4.58. The molecule has 3 aromatic rings. The monoisotopic (exact) mass is 261 g/mol. The van der Waals surface area contributed by atoms with Gasteiger partial charge in [-0.05, 0) is 22.9 Å². The Hall–Kier alpha value is -2.65. The Kier molecular flexibility index (Phi) is 3.44. The molecule has 0 heterocycles. The molecule has 0 amide bonds. The third kappa shape index (κ3) is 2.39. The first-order valence-electron chi connectivity index (χ1n) is 6.47. The highest BCUT2D eigenvalue weighted by Crippen LogP contribution is 2.20. The van der Waals surface area contributed by atoms with Gasteiger partial charge in [0.2, 0.25) is 0 Å². The molecule has 0 fully saturated rings. The van der Waals surface area contributed by atoms with Gasteiger partial charge in [0.05, 0.1) is 5.69 Å². The molecule has 98 valence electrons. The number of rotatable bonds is 2. The average molecular weight is 261 g/mol. The molecule has 0 spiro atoms. The van der Waals surface area contributed by atoms with Crippen molar-refractivity contribution in [1.29, 1.82) is 0 Å². The van der Waals surface area contributed by atoms with Crippen LogP contribution in [0.1, 0.15) is 5.56 Å². The van der Waals surface area contributed by atoms with Crippen LogP contribution in [0, 0.1) is 0 Å². The number of nitrogens with one attached hydrogen (secondary N) is 1. The molecule has 3 nitrogen and oxygen atoms in total. The van der Waals surface area contributed by atoms with Crippen LogP contribution in [-0.2, 0) is 0 Å². The fraction of sp³-hybridized carbons (Fsp3) is 0. The minimum atomic E-state index is 0.660. The SMILES string of the molecule is NNC(=Nc1ccccc1)c1cccc2ccccc12. The normalized spacial score (nSPS) is 11.6. The number of hydrogen-bond donors (Lipinski definition) is 2. The van der Waals surface area contributed by atoms with Crippen molar-refractivity contribution < 1.29 is 0 Å². The first-order chi connectivity index (χ1) is 9.88. The second kappa shape index (κ2) is 5.55. The predicted molar refractivity (Wildman–Crippen MR) is 83.9 cm³/mol. The number of aliphatic imine (C=N–C) groups is 1. The van der Waals surface area contributed by atoms with E-state index in [4.69, 9.17) is 5.84 Å². The summed E-state index contributed by atoms with van der Waals surface area (Å²) < 4.78 is 0. The molecule has 3 aromatic carbocycles. The van der Waals surface area contributed by atoms with Crippen LogP contribution in [0.15, 0.2) is 77.8 Å². The summed E-state index contributed by atoms with van der Waals surface area (Å²) >= 11 is 0. The molecule has 0 radical (unpaired) electrons. The van der Waals surface area contributed by atoms with Crippen LogP contribution in [0.5, 0.6) is 0 Å². The highest BCUT2D eigenvalue weighted by Gasteiger charge is 2.06. The minimum absolute atomic E-state index is 0.660. The maximum atomic E-state index is 5.66. The smallest absolute Gasteiger partial charge is 0.148 e. The number of fused-ring (bicyclic) bond motifs is 1. The van der Waals surface area contributed by atoms with Crippen molar-refractivity contribution in [3.8, 4) is 0 Å². The van der Waals surface area contributed by atoms with Crippen LogP contribution in [0.3, 0.4) is 0 Å². The minimum Gasteiger partial charge on any atom is -0.308 e. The number of para-hydroxylation sites is 1. The number of hydrazine groups is 1. The standard InChI is InChI=1S/C17H15N3/c18-20-17(19-14-9-2-1-3-10-14)16-12-6-8-13-7-4-5-11-15(13)16/h1-12H,18H2,(H,19,20). The quantitative estimate of drug-likeness (QED) is 0.321. The van der Waals surface area contributed by atoms with Crippen molar-refractivity contribution in [2.45, 2.75) is 0 Å². The van der Waals surface area contributed by atoms with E-state index >= 15 is 0 Å². The lowest BCUT2D eigenvalue weighted by Gasteiger charge is -2.09. The average Bonchev–Trinajstić information content (AvgIpc) is 2.53. The highest BCUT2D eigenvalue weighted by atomic mass is 15.2. The number of nitrogens with two attached hydrogens (primary N) is 1. The van der Waals surface area contributed by atoms with Crippen LogP contribution < -0.4 is 11.3 Å². The lowest BCUT2D eigenvalue weighted by molar-refractivity contribution is 1.03. The van der Waals surface area contributed by atoms with Crippen LogP contribution in [0.4, 0.5) is 5.69 Å². The van der Waals surface area contributed by atoms with Gasteiger partial charge in [-0.3, -0.25) is 0 Å². The summed E-state index contributed by atoms with van der Waals surface area (Å²) in [7, 11) is 0. The molecule has 0 saturated carbocycles. The zero-order chi connectivity index (χ0) is 13.8. The van der Waals surface area contributed by atoms with Crippen molar-refractivity contribution >= 4 is 22.3 Å². The molecule has 20 heavy (non-hydrogen) atoms. The fourth-order valence-electron chi connectivity index (χ4n) is 2.23. The summed E-state index contributed by atoms with van der Waals surface area (Å²) in [5.41, 5.74) is 4.57.